The number of amides is 3. The number of likely N-dealkylation sites (tertiary alicyclic amines) is 1. The molecule has 1 aliphatic heterocycles. The number of nitrogens with zero attached hydrogens (tertiary/aromatic N) is 2. The molecule has 1 aliphatic rings. The van der Waals surface area contributed by atoms with E-state index in [0.29, 0.717) is 24.3 Å². The Morgan fingerprint density at radius 2 is 2.00 bits per heavy atom. The second-order valence-corrected chi connectivity index (χ2v) is 8.90. The third-order valence-electron chi connectivity index (χ3n) is 5.40. The highest BCUT2D eigenvalue weighted by Crippen LogP contribution is 2.20. The molecule has 3 amide bonds. The molecule has 1 fully saturated rings. The lowest BCUT2D eigenvalue weighted by atomic mass is 10.1. The second kappa shape index (κ2) is 12.9. The smallest absolute Gasteiger partial charge is 0.326 e. The fourth-order valence-corrected chi connectivity index (χ4v) is 4.11. The van der Waals surface area contributed by atoms with Gasteiger partial charge in [-0.2, -0.15) is 11.8 Å². The minimum Gasteiger partial charge on any atom is -0.481 e. The van der Waals surface area contributed by atoms with Gasteiger partial charge in [0.05, 0.1) is 18.8 Å². The van der Waals surface area contributed by atoms with Gasteiger partial charge in [0.1, 0.15) is 18.1 Å². The van der Waals surface area contributed by atoms with Crippen molar-refractivity contribution in [3.05, 3.63) is 18.2 Å². The van der Waals surface area contributed by atoms with Gasteiger partial charge in [-0.3, -0.25) is 19.2 Å². The number of hydrogen-bond donors (Lipinski definition) is 6. The molecule has 14 heteroatoms. The zero-order valence-electron chi connectivity index (χ0n) is 18.7. The molecule has 0 saturated carbocycles. The van der Waals surface area contributed by atoms with Crippen LogP contribution in [0.5, 0.6) is 0 Å². The molecule has 0 radical (unpaired) electrons. The van der Waals surface area contributed by atoms with E-state index < -0.39 is 60.2 Å². The van der Waals surface area contributed by atoms with Crippen LogP contribution in [0.15, 0.2) is 12.5 Å². The molecular weight excluding hydrogens is 468 g/mol. The molecule has 1 aromatic heterocycles. The van der Waals surface area contributed by atoms with Crippen LogP contribution in [0.25, 0.3) is 0 Å². The summed E-state index contributed by atoms with van der Waals surface area (Å²) in [5.74, 6) is -4.00. The normalized spacial score (nSPS) is 18.1. The van der Waals surface area contributed by atoms with Gasteiger partial charge in [-0.1, -0.05) is 0 Å². The largest absolute Gasteiger partial charge is 0.481 e. The molecule has 1 aromatic rings. The summed E-state index contributed by atoms with van der Waals surface area (Å²) in [5, 5.41) is 23.6. The number of carboxylic acid groups (broad SMARTS) is 2. The van der Waals surface area contributed by atoms with Crippen molar-refractivity contribution in [1.29, 1.82) is 0 Å². The Morgan fingerprint density at radius 3 is 2.59 bits per heavy atom. The Balaban J connectivity index is 2.09. The molecule has 1 saturated heterocycles. The Morgan fingerprint density at radius 1 is 1.26 bits per heavy atom. The molecule has 4 atom stereocenters. The lowest BCUT2D eigenvalue weighted by Gasteiger charge is -2.29. The topological polar surface area (TPSA) is 208 Å². The molecule has 2 rings (SSSR count). The molecule has 0 aliphatic carbocycles. The summed E-state index contributed by atoms with van der Waals surface area (Å²) in [5.41, 5.74) is 6.33. The monoisotopic (exact) mass is 498 g/mol. The number of nitrogens with one attached hydrogen (secondary N) is 3. The van der Waals surface area contributed by atoms with Crippen LogP contribution in [0.4, 0.5) is 0 Å². The SMILES string of the molecule is CSCCC(N)C(=O)NC(CC(=O)O)C(=O)N1CCCC1C(=O)NC(Cc1cnc[nH]1)C(=O)O. The van der Waals surface area contributed by atoms with Gasteiger partial charge in [0.15, 0.2) is 0 Å². The maximum Gasteiger partial charge on any atom is 0.326 e. The summed E-state index contributed by atoms with van der Waals surface area (Å²) in [6.45, 7) is 0.166. The highest BCUT2D eigenvalue weighted by molar-refractivity contribution is 7.98. The number of rotatable bonds is 13. The summed E-state index contributed by atoms with van der Waals surface area (Å²) < 4.78 is 0. The molecule has 4 unspecified atom stereocenters. The molecule has 0 aromatic carbocycles. The van der Waals surface area contributed by atoms with Crippen molar-refractivity contribution >= 4 is 41.4 Å². The highest BCUT2D eigenvalue weighted by atomic mass is 32.2. The number of H-pyrrole nitrogens is 1. The molecule has 13 nitrogen and oxygen atoms in total. The Hall–Kier alpha value is -3.13. The van der Waals surface area contributed by atoms with Crippen LogP contribution in [-0.2, 0) is 30.4 Å². The summed E-state index contributed by atoms with van der Waals surface area (Å²) >= 11 is 1.49. The van der Waals surface area contributed by atoms with Crippen LogP contribution in [0.2, 0.25) is 0 Å². The van der Waals surface area contributed by atoms with Crippen molar-refractivity contribution in [3.63, 3.8) is 0 Å². The first kappa shape index (κ1) is 27.1. The van der Waals surface area contributed by atoms with Gasteiger partial charge >= 0.3 is 11.9 Å². The van der Waals surface area contributed by atoms with E-state index in [0.717, 1.165) is 0 Å². The first-order valence-electron chi connectivity index (χ1n) is 10.7. The van der Waals surface area contributed by atoms with Crippen LogP contribution in [0.1, 0.15) is 31.4 Å². The minimum atomic E-state index is -1.40. The number of imidazole rings is 1. The lowest BCUT2D eigenvalue weighted by molar-refractivity contribution is -0.147. The van der Waals surface area contributed by atoms with Crippen LogP contribution in [0, 0.1) is 0 Å². The van der Waals surface area contributed by atoms with Crippen molar-refractivity contribution in [2.45, 2.75) is 56.3 Å². The molecule has 0 bridgehead atoms. The van der Waals surface area contributed by atoms with Gasteiger partial charge in [0.2, 0.25) is 17.7 Å². The van der Waals surface area contributed by atoms with Crippen molar-refractivity contribution in [2.24, 2.45) is 5.73 Å². The van der Waals surface area contributed by atoms with E-state index >= 15 is 0 Å². The van der Waals surface area contributed by atoms with E-state index in [2.05, 4.69) is 20.6 Å². The first-order chi connectivity index (χ1) is 16.1. The first-order valence-corrected chi connectivity index (χ1v) is 12.1. The highest BCUT2D eigenvalue weighted by Gasteiger charge is 2.39. The number of carbonyl (C=O) groups excluding carboxylic acids is 3. The zero-order chi connectivity index (χ0) is 25.3. The average molecular weight is 499 g/mol. The van der Waals surface area contributed by atoms with E-state index in [-0.39, 0.29) is 19.4 Å². The molecule has 7 N–H and O–H groups in total. The molecule has 2 heterocycles. The Labute approximate surface area is 200 Å². The Kier molecular flexibility index (Phi) is 10.3. The number of aromatic amines is 1. The van der Waals surface area contributed by atoms with Crippen LogP contribution in [-0.4, -0.2) is 97.5 Å². The number of carboxylic acids is 2. The van der Waals surface area contributed by atoms with Gasteiger partial charge in [0.25, 0.3) is 0 Å². The maximum absolute atomic E-state index is 13.1. The van der Waals surface area contributed by atoms with E-state index in [1.165, 1.54) is 29.2 Å². The summed E-state index contributed by atoms with van der Waals surface area (Å²) in [6, 6.07) is -4.56. The summed E-state index contributed by atoms with van der Waals surface area (Å²) in [7, 11) is 0. The number of hydrogen-bond acceptors (Lipinski definition) is 8. The van der Waals surface area contributed by atoms with Gasteiger partial charge in [-0.05, 0) is 31.3 Å². The van der Waals surface area contributed by atoms with Gasteiger partial charge in [-0.25, -0.2) is 9.78 Å². The quantitative estimate of drug-likeness (QED) is 0.186. The zero-order valence-corrected chi connectivity index (χ0v) is 19.5. The average Bonchev–Trinajstić information content (AvgIpc) is 3.47. The summed E-state index contributed by atoms with van der Waals surface area (Å²) in [4.78, 5) is 69.1. The lowest BCUT2D eigenvalue weighted by Crippen LogP contribution is -2.57. The second-order valence-electron chi connectivity index (χ2n) is 7.92. The van der Waals surface area contributed by atoms with Crippen molar-refractivity contribution in [3.8, 4) is 0 Å². The molecule has 188 valence electrons. The number of aliphatic carboxylic acids is 2. The van der Waals surface area contributed by atoms with Crippen LogP contribution >= 0.6 is 11.8 Å². The van der Waals surface area contributed by atoms with E-state index in [4.69, 9.17) is 5.73 Å². The standard InChI is InChI=1S/C20H30N6O7S/c1-34-6-4-12(21)17(29)24-13(8-16(27)28)19(31)26-5-2-3-15(26)18(30)25-14(20(32)33)7-11-9-22-10-23-11/h9-10,12-15H,2-8,21H2,1H3,(H,22,23)(H,24,29)(H,25,30)(H,27,28)(H,32,33). The number of aromatic nitrogens is 2. The Bertz CT molecular complexity index is 881. The number of thioether (sulfide) groups is 1. The number of carbonyl (C=O) groups is 5. The third kappa shape index (κ3) is 7.73. The minimum absolute atomic E-state index is 0.0344. The molecular formula is C20H30N6O7S. The van der Waals surface area contributed by atoms with E-state index in [9.17, 15) is 34.2 Å². The van der Waals surface area contributed by atoms with Gasteiger partial charge in [-0.15, -0.1) is 0 Å². The number of nitrogens with two attached hydrogens (primary N) is 1. The van der Waals surface area contributed by atoms with Crippen molar-refractivity contribution in [1.82, 2.24) is 25.5 Å². The van der Waals surface area contributed by atoms with Crippen LogP contribution < -0.4 is 16.4 Å². The third-order valence-corrected chi connectivity index (χ3v) is 6.04. The molecule has 0 spiro atoms. The van der Waals surface area contributed by atoms with Crippen LogP contribution in [0.3, 0.4) is 0 Å². The van der Waals surface area contributed by atoms with E-state index in [1.54, 1.807) is 0 Å². The predicted molar refractivity (Wildman–Crippen MR) is 122 cm³/mol. The predicted octanol–water partition coefficient (Wildman–Crippen LogP) is -1.45. The van der Waals surface area contributed by atoms with Crippen molar-refractivity contribution in [2.75, 3.05) is 18.6 Å². The molecule has 34 heavy (non-hydrogen) atoms. The maximum atomic E-state index is 13.1. The fraction of sp³-hybridized carbons (Fsp3) is 0.600. The van der Waals surface area contributed by atoms with Gasteiger partial charge in [0, 0.05) is 24.9 Å². The van der Waals surface area contributed by atoms with Crippen molar-refractivity contribution < 1.29 is 34.2 Å². The van der Waals surface area contributed by atoms with E-state index in [1.807, 2.05) is 6.26 Å². The van der Waals surface area contributed by atoms with Gasteiger partial charge < -0.3 is 36.5 Å². The summed E-state index contributed by atoms with van der Waals surface area (Å²) in [6.07, 6.45) is 5.05. The fourth-order valence-electron chi connectivity index (χ4n) is 3.62.